The highest BCUT2D eigenvalue weighted by molar-refractivity contribution is 6.30. The van der Waals surface area contributed by atoms with Gasteiger partial charge in [-0.25, -0.2) is 9.37 Å². The van der Waals surface area contributed by atoms with E-state index in [1.807, 2.05) is 24.3 Å². The van der Waals surface area contributed by atoms with Crippen LogP contribution < -0.4 is 10.6 Å². The van der Waals surface area contributed by atoms with Gasteiger partial charge in [-0.05, 0) is 54.4 Å². The number of pyridine rings is 1. The second kappa shape index (κ2) is 8.45. The Hall–Kier alpha value is -2.92. The molecule has 3 rings (SSSR count). The lowest BCUT2D eigenvalue weighted by Gasteiger charge is -2.08. The van der Waals surface area contributed by atoms with Gasteiger partial charge in [0.15, 0.2) is 0 Å². The van der Waals surface area contributed by atoms with Crippen molar-refractivity contribution in [2.75, 3.05) is 17.2 Å². The Balaban J connectivity index is 1.53. The van der Waals surface area contributed by atoms with Crippen molar-refractivity contribution in [1.82, 2.24) is 4.98 Å². The van der Waals surface area contributed by atoms with Gasteiger partial charge in [0.25, 0.3) is 5.91 Å². The lowest BCUT2D eigenvalue weighted by molar-refractivity contribution is 0.102. The number of anilines is 2. The molecule has 2 N–H and O–H groups in total. The van der Waals surface area contributed by atoms with Gasteiger partial charge in [0.2, 0.25) is 0 Å². The van der Waals surface area contributed by atoms with Gasteiger partial charge in [0.05, 0.1) is 5.56 Å². The number of carbonyl (C=O) groups is 1. The molecule has 2 aromatic carbocycles. The van der Waals surface area contributed by atoms with Crippen molar-refractivity contribution in [3.8, 4) is 0 Å². The van der Waals surface area contributed by atoms with Crippen LogP contribution in [0.25, 0.3) is 0 Å². The second-order valence-electron chi connectivity index (χ2n) is 5.70. The van der Waals surface area contributed by atoms with Gasteiger partial charge >= 0.3 is 0 Å². The minimum absolute atomic E-state index is 0.339. The fraction of sp³-hybridized carbons (Fsp3) is 0.100. The number of hydrogen-bond donors (Lipinski definition) is 2. The minimum atomic E-state index is -0.403. The van der Waals surface area contributed by atoms with Crippen LogP contribution in [0.4, 0.5) is 15.9 Å². The summed E-state index contributed by atoms with van der Waals surface area (Å²) in [5, 5.41) is 6.55. The molecule has 0 radical (unpaired) electrons. The summed E-state index contributed by atoms with van der Waals surface area (Å²) in [7, 11) is 0. The molecular weight excluding hydrogens is 353 g/mol. The average Bonchev–Trinajstić information content (AvgIpc) is 2.62. The molecule has 1 aromatic heterocycles. The number of halogens is 2. The molecule has 1 amide bonds. The van der Waals surface area contributed by atoms with Gasteiger partial charge in [-0.3, -0.25) is 4.79 Å². The van der Waals surface area contributed by atoms with Crippen molar-refractivity contribution in [3.05, 3.63) is 88.8 Å². The molecule has 0 atom stereocenters. The third-order valence-corrected chi connectivity index (χ3v) is 3.95. The van der Waals surface area contributed by atoms with E-state index in [4.69, 9.17) is 11.6 Å². The molecular formula is C20H17ClFN3O. The zero-order valence-corrected chi connectivity index (χ0v) is 14.6. The fourth-order valence-electron chi connectivity index (χ4n) is 2.43. The van der Waals surface area contributed by atoms with Crippen molar-refractivity contribution >= 4 is 29.0 Å². The lowest BCUT2D eigenvalue weighted by atomic mass is 10.1. The van der Waals surface area contributed by atoms with E-state index in [9.17, 15) is 9.18 Å². The largest absolute Gasteiger partial charge is 0.370 e. The predicted octanol–water partition coefficient (Wildman–Crippen LogP) is 4.78. The van der Waals surface area contributed by atoms with Crippen LogP contribution in [-0.4, -0.2) is 17.4 Å². The van der Waals surface area contributed by atoms with Crippen LogP contribution in [0.5, 0.6) is 0 Å². The molecule has 0 fully saturated rings. The summed E-state index contributed by atoms with van der Waals surface area (Å²) in [5.41, 5.74) is 1.93. The summed E-state index contributed by atoms with van der Waals surface area (Å²) in [6.07, 6.45) is 2.29. The Morgan fingerprint density at radius 2 is 1.92 bits per heavy atom. The quantitative estimate of drug-likeness (QED) is 0.657. The summed E-state index contributed by atoms with van der Waals surface area (Å²) >= 11 is 5.96. The molecule has 3 aromatic rings. The predicted molar refractivity (Wildman–Crippen MR) is 102 cm³/mol. The van der Waals surface area contributed by atoms with Gasteiger partial charge in [0.1, 0.15) is 11.6 Å². The first-order valence-electron chi connectivity index (χ1n) is 8.11. The molecule has 0 spiro atoms. The molecule has 0 aliphatic rings. The van der Waals surface area contributed by atoms with E-state index in [2.05, 4.69) is 15.6 Å². The van der Waals surface area contributed by atoms with Gasteiger partial charge < -0.3 is 10.6 Å². The van der Waals surface area contributed by atoms with E-state index in [0.717, 1.165) is 12.0 Å². The van der Waals surface area contributed by atoms with Crippen molar-refractivity contribution in [3.63, 3.8) is 0 Å². The number of hydrogen-bond acceptors (Lipinski definition) is 3. The fourth-order valence-corrected chi connectivity index (χ4v) is 2.64. The molecule has 132 valence electrons. The van der Waals surface area contributed by atoms with Crippen molar-refractivity contribution in [1.29, 1.82) is 0 Å². The molecule has 0 saturated heterocycles. The van der Waals surface area contributed by atoms with Crippen LogP contribution in [-0.2, 0) is 6.42 Å². The topological polar surface area (TPSA) is 54.0 Å². The minimum Gasteiger partial charge on any atom is -0.370 e. The van der Waals surface area contributed by atoms with Crippen LogP contribution in [0.15, 0.2) is 66.9 Å². The average molecular weight is 370 g/mol. The van der Waals surface area contributed by atoms with E-state index < -0.39 is 5.82 Å². The summed E-state index contributed by atoms with van der Waals surface area (Å²) in [6.45, 7) is 0.697. The number of nitrogens with one attached hydrogen (secondary N) is 2. The van der Waals surface area contributed by atoms with E-state index in [-0.39, 0.29) is 5.91 Å². The van der Waals surface area contributed by atoms with Gasteiger partial charge in [0, 0.05) is 23.5 Å². The number of rotatable bonds is 6. The van der Waals surface area contributed by atoms with Gasteiger partial charge in [-0.15, -0.1) is 0 Å². The van der Waals surface area contributed by atoms with E-state index >= 15 is 0 Å². The third-order valence-electron chi connectivity index (χ3n) is 3.72. The highest BCUT2D eigenvalue weighted by Crippen LogP contribution is 2.13. The van der Waals surface area contributed by atoms with Crippen LogP contribution in [0.3, 0.4) is 0 Å². The second-order valence-corrected chi connectivity index (χ2v) is 6.14. The molecule has 0 saturated carbocycles. The number of aromatic nitrogens is 1. The Bertz CT molecular complexity index is 900. The Labute approximate surface area is 156 Å². The van der Waals surface area contributed by atoms with E-state index in [0.29, 0.717) is 28.6 Å². The lowest BCUT2D eigenvalue weighted by Crippen LogP contribution is -2.13. The Morgan fingerprint density at radius 1 is 1.08 bits per heavy atom. The first-order chi connectivity index (χ1) is 12.6. The van der Waals surface area contributed by atoms with Crippen LogP contribution in [0, 0.1) is 5.82 Å². The maximum Gasteiger partial charge on any atom is 0.257 e. The van der Waals surface area contributed by atoms with Gasteiger partial charge in [-0.1, -0.05) is 29.8 Å². The standard InChI is InChI=1S/C20H17ClFN3O/c21-16-4-1-3-14(11-16)9-10-23-19-8-7-15(13-24-19)20(26)25-18-6-2-5-17(22)12-18/h1-8,11-13H,9-10H2,(H,23,24)(H,25,26). The first-order valence-corrected chi connectivity index (χ1v) is 8.49. The van der Waals surface area contributed by atoms with Crippen molar-refractivity contribution in [2.45, 2.75) is 6.42 Å². The molecule has 4 nitrogen and oxygen atoms in total. The first kappa shape index (κ1) is 17.9. The third kappa shape index (κ3) is 5.04. The highest BCUT2D eigenvalue weighted by atomic mass is 35.5. The zero-order chi connectivity index (χ0) is 18.4. The van der Waals surface area contributed by atoms with Crippen molar-refractivity contribution < 1.29 is 9.18 Å². The summed E-state index contributed by atoms with van der Waals surface area (Å²) in [4.78, 5) is 16.4. The molecule has 0 bridgehead atoms. The van der Waals surface area contributed by atoms with Crippen LogP contribution in [0.1, 0.15) is 15.9 Å². The SMILES string of the molecule is O=C(Nc1cccc(F)c1)c1ccc(NCCc2cccc(Cl)c2)nc1. The number of amides is 1. The monoisotopic (exact) mass is 369 g/mol. The molecule has 1 heterocycles. The maximum atomic E-state index is 13.2. The van der Waals surface area contributed by atoms with E-state index in [1.54, 1.807) is 18.2 Å². The Morgan fingerprint density at radius 3 is 2.65 bits per heavy atom. The Kier molecular flexibility index (Phi) is 5.81. The number of carbonyl (C=O) groups excluding carboxylic acids is 1. The number of nitrogens with zero attached hydrogens (tertiary/aromatic N) is 1. The normalized spacial score (nSPS) is 10.4. The molecule has 0 aliphatic carbocycles. The smallest absolute Gasteiger partial charge is 0.257 e. The molecule has 0 unspecified atom stereocenters. The van der Waals surface area contributed by atoms with E-state index in [1.165, 1.54) is 24.4 Å². The summed E-state index contributed by atoms with van der Waals surface area (Å²) in [5.74, 6) is -0.0666. The number of benzene rings is 2. The summed E-state index contributed by atoms with van der Waals surface area (Å²) in [6, 6.07) is 16.9. The van der Waals surface area contributed by atoms with Crippen LogP contribution >= 0.6 is 11.6 Å². The van der Waals surface area contributed by atoms with Gasteiger partial charge in [-0.2, -0.15) is 0 Å². The summed E-state index contributed by atoms with van der Waals surface area (Å²) < 4.78 is 13.2. The van der Waals surface area contributed by atoms with Crippen molar-refractivity contribution in [2.24, 2.45) is 0 Å². The molecule has 26 heavy (non-hydrogen) atoms. The highest BCUT2D eigenvalue weighted by Gasteiger charge is 2.07. The van der Waals surface area contributed by atoms with Crippen LogP contribution in [0.2, 0.25) is 5.02 Å². The molecule has 0 aliphatic heterocycles. The maximum absolute atomic E-state index is 13.2. The zero-order valence-electron chi connectivity index (χ0n) is 13.9. The molecule has 6 heteroatoms.